The summed E-state index contributed by atoms with van der Waals surface area (Å²) in [5.41, 5.74) is 0. The molecule has 5 heteroatoms. The molecule has 0 unspecified atom stereocenters. The summed E-state index contributed by atoms with van der Waals surface area (Å²) in [5.74, 6) is 0. The van der Waals surface area contributed by atoms with Crippen molar-refractivity contribution in [1.29, 1.82) is 0 Å². The molecule has 0 saturated heterocycles. The fourth-order valence-electron chi connectivity index (χ4n) is 0. The number of hydrogen-bond donors (Lipinski definition) is 1. The van der Waals surface area contributed by atoms with Gasteiger partial charge in [0.15, 0.2) is 0 Å². The van der Waals surface area contributed by atoms with Gasteiger partial charge in [0.2, 0.25) is 0 Å². The average molecular weight is 118 g/mol. The van der Waals surface area contributed by atoms with Crippen LogP contribution in [0.4, 0.5) is 0 Å². The molecule has 24 valence electrons. The van der Waals surface area contributed by atoms with Crippen LogP contribution in [0.15, 0.2) is 0 Å². The first-order chi connectivity index (χ1) is 1.41. The molecule has 2 nitrogen and oxygen atoms in total. The molecule has 0 spiro atoms. The van der Waals surface area contributed by atoms with Gasteiger partial charge in [0.1, 0.15) is 0 Å². The zero-order valence-electron chi connectivity index (χ0n) is 1.43. The van der Waals surface area contributed by atoms with Crippen molar-refractivity contribution in [3.63, 3.8) is 0 Å². The molecule has 0 aliphatic carbocycles. The minimum atomic E-state index is -0.250. The number of rotatable bonds is 0. The predicted molar refractivity (Wildman–Crippen MR) is 30.1 cm³/mol. The Morgan fingerprint density at radius 1 is 1.17 bits per heavy atom. The molecule has 0 heterocycles. The van der Waals surface area contributed by atoms with Crippen molar-refractivity contribution >= 4 is 95.1 Å². The summed E-state index contributed by atoms with van der Waals surface area (Å²) in [6.07, 6.45) is 0. The summed E-state index contributed by atoms with van der Waals surface area (Å²) in [6.45, 7) is -0.250. The molecular formula is CH5Na3O2. The van der Waals surface area contributed by atoms with Gasteiger partial charge in [-0.05, 0) is 0 Å². The van der Waals surface area contributed by atoms with Gasteiger partial charge in [-0.15, -0.1) is 0 Å². The Labute approximate surface area is 103 Å². The number of hydrogen-bond acceptors (Lipinski definition) is 1. The van der Waals surface area contributed by atoms with Gasteiger partial charge in [0, 0.05) is 0 Å². The first-order valence-electron chi connectivity index (χ1n) is 0.494. The first-order valence-corrected chi connectivity index (χ1v) is 0.494. The Bertz CT molecular complexity index is 16.3. The Morgan fingerprint density at radius 3 is 1.17 bits per heavy atom. The van der Waals surface area contributed by atoms with Crippen molar-refractivity contribution in [3.8, 4) is 0 Å². The molecule has 1 N–H and O–H groups in total. The van der Waals surface area contributed by atoms with E-state index in [1.54, 1.807) is 0 Å². The predicted octanol–water partition coefficient (Wildman–Crippen LogP) is -2.24. The van der Waals surface area contributed by atoms with Gasteiger partial charge in [-0.2, -0.15) is 0 Å². The van der Waals surface area contributed by atoms with Gasteiger partial charge in [-0.3, -0.25) is 4.79 Å². The van der Waals surface area contributed by atoms with E-state index in [0.717, 1.165) is 0 Å². The molecule has 0 fully saturated rings. The summed E-state index contributed by atoms with van der Waals surface area (Å²) in [4.78, 5) is 8.36. The molecule has 0 radical (unpaired) electrons. The molecule has 0 aromatic carbocycles. The van der Waals surface area contributed by atoms with Crippen molar-refractivity contribution in [1.82, 2.24) is 0 Å². The standard InChI is InChI=1S/CH2O2.3Na.3H/c2-1-3;;;;;;/h1H,(H,2,3);;;;;;. The second-order valence-electron chi connectivity index (χ2n) is 0.105. The quantitative estimate of drug-likeness (QED) is 0.288. The van der Waals surface area contributed by atoms with Gasteiger partial charge in [-0.1, -0.05) is 0 Å². The zero-order valence-corrected chi connectivity index (χ0v) is 1.43. The molecule has 6 heavy (non-hydrogen) atoms. The topological polar surface area (TPSA) is 37.3 Å². The van der Waals surface area contributed by atoms with Crippen molar-refractivity contribution < 1.29 is 9.90 Å². The molecule has 0 amide bonds. The molecule has 0 aliphatic heterocycles. The summed E-state index contributed by atoms with van der Waals surface area (Å²) in [7, 11) is 0. The minimum absolute atomic E-state index is 0. The summed E-state index contributed by atoms with van der Waals surface area (Å²) >= 11 is 0. The molecule has 0 bridgehead atoms. The van der Waals surface area contributed by atoms with E-state index < -0.39 is 0 Å². The van der Waals surface area contributed by atoms with Crippen LogP contribution >= 0.6 is 0 Å². The van der Waals surface area contributed by atoms with Crippen LogP contribution in [-0.4, -0.2) is 100 Å². The number of carbonyl (C=O) groups is 1. The molecule has 0 aromatic rings. The fraction of sp³-hybridized carbons (Fsp3) is 0. The maximum absolute atomic E-state index is 8.36. The Kier molecular flexibility index (Phi) is 102. The van der Waals surface area contributed by atoms with Crippen LogP contribution in [0.2, 0.25) is 0 Å². The molecule has 0 aromatic heterocycles. The Hall–Kier alpha value is 2.47. The van der Waals surface area contributed by atoms with Crippen molar-refractivity contribution in [2.45, 2.75) is 0 Å². The van der Waals surface area contributed by atoms with Crippen LogP contribution in [0.25, 0.3) is 0 Å². The average Bonchev–Trinajstić information content (AvgIpc) is 0.918. The third kappa shape index (κ3) is 31.7. The molecule has 0 atom stereocenters. The van der Waals surface area contributed by atoms with Crippen LogP contribution in [0.3, 0.4) is 0 Å². The van der Waals surface area contributed by atoms with E-state index >= 15 is 0 Å². The fourth-order valence-corrected chi connectivity index (χ4v) is 0. The van der Waals surface area contributed by atoms with Crippen LogP contribution in [-0.2, 0) is 4.79 Å². The monoisotopic (exact) mass is 118 g/mol. The van der Waals surface area contributed by atoms with Crippen molar-refractivity contribution in [3.05, 3.63) is 0 Å². The SMILES string of the molecule is O=CO.[NaH].[NaH].[NaH]. The normalized spacial score (nSPS) is 2.00. The summed E-state index contributed by atoms with van der Waals surface area (Å²) in [6, 6.07) is 0. The van der Waals surface area contributed by atoms with E-state index in [1.807, 2.05) is 0 Å². The van der Waals surface area contributed by atoms with Gasteiger partial charge in [-0.25, -0.2) is 0 Å². The van der Waals surface area contributed by atoms with Crippen LogP contribution in [0.5, 0.6) is 0 Å². The first kappa shape index (κ1) is 23.7. The Morgan fingerprint density at radius 2 is 1.17 bits per heavy atom. The van der Waals surface area contributed by atoms with Gasteiger partial charge >= 0.3 is 88.7 Å². The summed E-state index contributed by atoms with van der Waals surface area (Å²) < 4.78 is 0. The maximum atomic E-state index is 8.36. The summed E-state index contributed by atoms with van der Waals surface area (Å²) in [5, 5.41) is 6.89. The van der Waals surface area contributed by atoms with Crippen molar-refractivity contribution in [2.24, 2.45) is 0 Å². The molecule has 0 aliphatic rings. The molecular weight excluding hydrogens is 113 g/mol. The van der Waals surface area contributed by atoms with E-state index in [-0.39, 0.29) is 95.1 Å². The third-order valence-corrected chi connectivity index (χ3v) is 0. The Balaban J connectivity index is -0.00000000667. The van der Waals surface area contributed by atoms with Crippen LogP contribution in [0.1, 0.15) is 0 Å². The molecule has 0 rings (SSSR count). The van der Waals surface area contributed by atoms with Crippen molar-refractivity contribution in [2.75, 3.05) is 0 Å². The zero-order chi connectivity index (χ0) is 2.71. The van der Waals surface area contributed by atoms with Crippen LogP contribution in [0, 0.1) is 0 Å². The second kappa shape index (κ2) is 26.0. The van der Waals surface area contributed by atoms with Gasteiger partial charge < -0.3 is 5.11 Å². The van der Waals surface area contributed by atoms with E-state index in [0.29, 0.717) is 0 Å². The van der Waals surface area contributed by atoms with E-state index in [4.69, 9.17) is 9.90 Å². The van der Waals surface area contributed by atoms with Crippen LogP contribution < -0.4 is 0 Å². The molecule has 0 saturated carbocycles. The van der Waals surface area contributed by atoms with E-state index in [9.17, 15) is 0 Å². The third-order valence-electron chi connectivity index (χ3n) is 0. The van der Waals surface area contributed by atoms with E-state index in [1.165, 1.54) is 0 Å². The second-order valence-corrected chi connectivity index (χ2v) is 0.105. The van der Waals surface area contributed by atoms with Gasteiger partial charge in [0.25, 0.3) is 6.47 Å². The number of carboxylic acid groups (broad SMARTS) is 1. The van der Waals surface area contributed by atoms with E-state index in [2.05, 4.69) is 0 Å². The van der Waals surface area contributed by atoms with Gasteiger partial charge in [0.05, 0.1) is 0 Å².